The Labute approximate surface area is 131 Å². The second-order valence-electron chi connectivity index (χ2n) is 7.87. The van der Waals surface area contributed by atoms with E-state index < -0.39 is 0 Å². The first-order valence-electron chi connectivity index (χ1n) is 8.26. The highest BCUT2D eigenvalue weighted by Gasteiger charge is 2.31. The van der Waals surface area contributed by atoms with Gasteiger partial charge in [0, 0.05) is 23.3 Å². The largest absolute Gasteiger partial charge is 0.362 e. The van der Waals surface area contributed by atoms with Crippen LogP contribution in [0.4, 0.5) is 5.69 Å². The molecule has 0 aliphatic rings. The third-order valence-corrected chi connectivity index (χ3v) is 3.57. The minimum atomic E-state index is 0.110. The Morgan fingerprint density at radius 1 is 0.905 bits per heavy atom. The molecule has 0 aliphatic carbocycles. The lowest BCUT2D eigenvalue weighted by molar-refractivity contribution is 0.381. The van der Waals surface area contributed by atoms with E-state index in [2.05, 4.69) is 82.9 Å². The van der Waals surface area contributed by atoms with E-state index in [-0.39, 0.29) is 11.1 Å². The number of unbranched alkanes of at least 4 members (excludes halogenated alkanes) is 1. The van der Waals surface area contributed by atoms with Crippen molar-refractivity contribution < 1.29 is 0 Å². The lowest BCUT2D eigenvalue weighted by atomic mass is 9.94. The first kappa shape index (κ1) is 18.0. The van der Waals surface area contributed by atoms with Crippen molar-refractivity contribution in [2.45, 2.75) is 78.9 Å². The van der Waals surface area contributed by atoms with Gasteiger partial charge in [0.1, 0.15) is 0 Å². The molecule has 0 unspecified atom stereocenters. The first-order valence-corrected chi connectivity index (χ1v) is 8.26. The first-order chi connectivity index (χ1) is 9.66. The van der Waals surface area contributed by atoms with Crippen LogP contribution in [0.5, 0.6) is 0 Å². The summed E-state index contributed by atoms with van der Waals surface area (Å²) in [7, 11) is 0. The molecule has 2 heteroatoms. The molecule has 0 saturated carbocycles. The van der Waals surface area contributed by atoms with E-state index in [1.165, 1.54) is 24.1 Å². The van der Waals surface area contributed by atoms with E-state index in [4.69, 9.17) is 0 Å². The molecular formula is C19H34N2. The van der Waals surface area contributed by atoms with Crippen LogP contribution < -0.4 is 10.2 Å². The van der Waals surface area contributed by atoms with Gasteiger partial charge in [-0.25, -0.2) is 0 Å². The molecule has 0 atom stereocenters. The average molecular weight is 290 g/mol. The third-order valence-electron chi connectivity index (χ3n) is 3.57. The monoisotopic (exact) mass is 290 g/mol. The van der Waals surface area contributed by atoms with Gasteiger partial charge in [0.05, 0.1) is 0 Å². The Morgan fingerprint density at radius 2 is 1.43 bits per heavy atom. The number of nitrogens with one attached hydrogen (secondary N) is 1. The standard InChI is InChI=1S/C19H34N2/c1-8-9-14-20-15-16-10-12-17(13-11-16)21(18(2,3)4)19(5,6)7/h10-13,20H,8-9,14-15H2,1-7H3. The lowest BCUT2D eigenvalue weighted by Crippen LogP contribution is -2.53. The molecule has 0 bridgehead atoms. The van der Waals surface area contributed by atoms with Crippen LogP contribution in [0.15, 0.2) is 24.3 Å². The molecule has 0 heterocycles. The van der Waals surface area contributed by atoms with E-state index in [1.807, 2.05) is 0 Å². The number of benzene rings is 1. The summed E-state index contributed by atoms with van der Waals surface area (Å²) in [5, 5.41) is 3.50. The minimum absolute atomic E-state index is 0.110. The normalized spacial score (nSPS) is 12.5. The highest BCUT2D eigenvalue weighted by Crippen LogP contribution is 2.31. The summed E-state index contributed by atoms with van der Waals surface area (Å²) >= 11 is 0. The van der Waals surface area contributed by atoms with Gasteiger partial charge in [0.2, 0.25) is 0 Å². The fourth-order valence-corrected chi connectivity index (χ4v) is 3.08. The maximum absolute atomic E-state index is 3.50. The molecule has 1 N–H and O–H groups in total. The van der Waals surface area contributed by atoms with Crippen LogP contribution in [0, 0.1) is 0 Å². The smallest absolute Gasteiger partial charge is 0.0375 e. The Hall–Kier alpha value is -1.02. The van der Waals surface area contributed by atoms with Crippen molar-refractivity contribution in [2.24, 2.45) is 0 Å². The van der Waals surface area contributed by atoms with Crippen molar-refractivity contribution in [1.82, 2.24) is 5.32 Å². The minimum Gasteiger partial charge on any atom is -0.362 e. The molecule has 0 aromatic heterocycles. The fourth-order valence-electron chi connectivity index (χ4n) is 3.08. The van der Waals surface area contributed by atoms with Crippen molar-refractivity contribution in [3.05, 3.63) is 29.8 Å². The van der Waals surface area contributed by atoms with Crippen LogP contribution in [0.3, 0.4) is 0 Å². The van der Waals surface area contributed by atoms with Crippen LogP contribution in [-0.4, -0.2) is 17.6 Å². The number of nitrogens with zero attached hydrogens (tertiary/aromatic N) is 1. The van der Waals surface area contributed by atoms with E-state index in [0.29, 0.717) is 0 Å². The Kier molecular flexibility index (Phi) is 6.27. The predicted molar refractivity (Wildman–Crippen MR) is 95.0 cm³/mol. The highest BCUT2D eigenvalue weighted by molar-refractivity contribution is 5.52. The molecule has 0 fully saturated rings. The highest BCUT2D eigenvalue weighted by atomic mass is 15.2. The van der Waals surface area contributed by atoms with Gasteiger partial charge in [-0.3, -0.25) is 0 Å². The van der Waals surface area contributed by atoms with Gasteiger partial charge < -0.3 is 10.2 Å². The van der Waals surface area contributed by atoms with Crippen molar-refractivity contribution in [2.75, 3.05) is 11.4 Å². The van der Waals surface area contributed by atoms with Crippen LogP contribution in [0.1, 0.15) is 66.9 Å². The van der Waals surface area contributed by atoms with Gasteiger partial charge in [0.15, 0.2) is 0 Å². The van der Waals surface area contributed by atoms with E-state index in [0.717, 1.165) is 13.1 Å². The molecule has 2 nitrogen and oxygen atoms in total. The molecule has 120 valence electrons. The summed E-state index contributed by atoms with van der Waals surface area (Å²) in [6.07, 6.45) is 2.50. The van der Waals surface area contributed by atoms with Crippen molar-refractivity contribution in [3.8, 4) is 0 Å². The third kappa shape index (κ3) is 5.70. The lowest BCUT2D eigenvalue weighted by Gasteiger charge is -2.47. The van der Waals surface area contributed by atoms with E-state index >= 15 is 0 Å². The Morgan fingerprint density at radius 3 is 1.86 bits per heavy atom. The van der Waals surface area contributed by atoms with Crippen LogP contribution in [0.2, 0.25) is 0 Å². The second-order valence-corrected chi connectivity index (χ2v) is 7.87. The topological polar surface area (TPSA) is 15.3 Å². The summed E-state index contributed by atoms with van der Waals surface area (Å²) in [6.45, 7) is 18.0. The van der Waals surface area contributed by atoms with E-state index in [1.54, 1.807) is 0 Å². The van der Waals surface area contributed by atoms with Crippen molar-refractivity contribution in [3.63, 3.8) is 0 Å². The molecule has 0 saturated heterocycles. The average Bonchev–Trinajstić information content (AvgIpc) is 2.33. The zero-order chi connectivity index (χ0) is 16.1. The maximum atomic E-state index is 3.50. The molecule has 1 rings (SSSR count). The van der Waals surface area contributed by atoms with Gasteiger partial charge in [-0.2, -0.15) is 0 Å². The number of rotatable bonds is 6. The second kappa shape index (κ2) is 7.31. The van der Waals surface area contributed by atoms with Crippen LogP contribution in [-0.2, 0) is 6.54 Å². The molecule has 0 aliphatic heterocycles. The summed E-state index contributed by atoms with van der Waals surface area (Å²) in [5.74, 6) is 0. The van der Waals surface area contributed by atoms with E-state index in [9.17, 15) is 0 Å². The van der Waals surface area contributed by atoms with Gasteiger partial charge in [-0.05, 0) is 72.2 Å². The SMILES string of the molecule is CCCCNCc1ccc(N(C(C)(C)C)C(C)(C)C)cc1. The fraction of sp³-hybridized carbons (Fsp3) is 0.684. The molecule has 1 aromatic carbocycles. The van der Waals surface area contributed by atoms with Gasteiger partial charge in [0.25, 0.3) is 0 Å². The molecule has 0 radical (unpaired) electrons. The van der Waals surface area contributed by atoms with Gasteiger partial charge in [-0.15, -0.1) is 0 Å². The Bertz CT molecular complexity index is 393. The molecule has 1 aromatic rings. The number of hydrogen-bond acceptors (Lipinski definition) is 2. The van der Waals surface area contributed by atoms with Crippen LogP contribution in [0.25, 0.3) is 0 Å². The molecular weight excluding hydrogens is 256 g/mol. The quantitative estimate of drug-likeness (QED) is 0.743. The van der Waals surface area contributed by atoms with Gasteiger partial charge >= 0.3 is 0 Å². The summed E-state index contributed by atoms with van der Waals surface area (Å²) < 4.78 is 0. The predicted octanol–water partition coefficient (Wildman–Crippen LogP) is 4.98. The summed E-state index contributed by atoms with van der Waals surface area (Å²) in [4.78, 5) is 2.49. The molecule has 21 heavy (non-hydrogen) atoms. The maximum Gasteiger partial charge on any atom is 0.0375 e. The zero-order valence-electron chi connectivity index (χ0n) is 15.1. The number of hydrogen-bond donors (Lipinski definition) is 1. The van der Waals surface area contributed by atoms with Gasteiger partial charge in [-0.1, -0.05) is 25.5 Å². The zero-order valence-corrected chi connectivity index (χ0v) is 15.1. The molecule has 0 spiro atoms. The van der Waals surface area contributed by atoms with Crippen LogP contribution >= 0.6 is 0 Å². The van der Waals surface area contributed by atoms with Crippen molar-refractivity contribution in [1.29, 1.82) is 0 Å². The van der Waals surface area contributed by atoms with Crippen molar-refractivity contribution >= 4 is 5.69 Å². The molecule has 0 amide bonds. The summed E-state index contributed by atoms with van der Waals surface area (Å²) in [5.41, 5.74) is 2.88. The Balaban J connectivity index is 2.79. The summed E-state index contributed by atoms with van der Waals surface area (Å²) in [6, 6.07) is 9.01. The number of anilines is 1.